The van der Waals surface area contributed by atoms with Crippen LogP contribution in [0, 0.1) is 0 Å². The fourth-order valence-corrected chi connectivity index (χ4v) is 0.547. The highest BCUT2D eigenvalue weighted by molar-refractivity contribution is 4.82. The Labute approximate surface area is 167 Å². The summed E-state index contributed by atoms with van der Waals surface area (Å²) in [5, 5.41) is 7.22. The molecule has 0 aromatic carbocycles. The van der Waals surface area contributed by atoms with Gasteiger partial charge < -0.3 is 0 Å². The Morgan fingerprint density at radius 3 is 1.42 bits per heavy atom. The standard InChI is InChI=1S/C4H4F4O2.C3H7F.C2H2F4.C2H4F2O2.CH2F2.CH3F/c5-1-2-4(7,8)3(6)10-9-2;1-2-3-4;3-1-2(4,5)6;3-1-2(4)6-5;2-1-3;1-2/h2-3H,1H2;2-3H2,1H3;1H2;2,5H,1H2;1H2;1H3. The van der Waals surface area contributed by atoms with Gasteiger partial charge in [0.2, 0.25) is 6.93 Å². The van der Waals surface area contributed by atoms with Crippen LogP contribution in [-0.2, 0) is 14.7 Å². The van der Waals surface area contributed by atoms with Crippen molar-refractivity contribution in [2.45, 2.75) is 44.3 Å². The molecule has 1 rings (SSSR count). The topological polar surface area (TPSA) is 47.9 Å². The van der Waals surface area contributed by atoms with Crippen molar-refractivity contribution in [3.05, 3.63) is 0 Å². The summed E-state index contributed by atoms with van der Waals surface area (Å²) in [6.07, 6.45) is -11.1. The summed E-state index contributed by atoms with van der Waals surface area (Å²) in [6.45, 7) is -5.13. The van der Waals surface area contributed by atoms with Gasteiger partial charge >= 0.3 is 12.1 Å². The molecule has 0 aromatic rings. The van der Waals surface area contributed by atoms with Crippen LogP contribution in [0.4, 0.5) is 61.5 Å². The van der Waals surface area contributed by atoms with E-state index in [2.05, 4.69) is 14.7 Å². The van der Waals surface area contributed by atoms with Gasteiger partial charge in [0.25, 0.3) is 12.7 Å². The Kier molecular flexibility index (Phi) is 34.9. The Bertz CT molecular complexity index is 319. The molecule has 4 nitrogen and oxygen atoms in total. The minimum absolute atomic E-state index is 0.181. The lowest BCUT2D eigenvalue weighted by Crippen LogP contribution is -2.36. The van der Waals surface area contributed by atoms with Crippen molar-refractivity contribution in [1.29, 1.82) is 0 Å². The first kappa shape index (κ1) is 40.2. The molecular formula is C13H22F14O4. The molecule has 31 heavy (non-hydrogen) atoms. The third-order valence-corrected chi connectivity index (χ3v) is 1.70. The second-order valence-corrected chi connectivity index (χ2v) is 4.03. The van der Waals surface area contributed by atoms with E-state index >= 15 is 0 Å². The average Bonchev–Trinajstić information content (AvgIpc) is 3.01. The lowest BCUT2D eigenvalue weighted by atomic mass is 10.2. The summed E-state index contributed by atoms with van der Waals surface area (Å²) in [5.74, 6) is -3.87. The van der Waals surface area contributed by atoms with Gasteiger partial charge in [-0.1, -0.05) is 6.92 Å². The Morgan fingerprint density at radius 1 is 1.00 bits per heavy atom. The zero-order valence-corrected chi connectivity index (χ0v) is 15.9. The molecule has 1 aliphatic heterocycles. The van der Waals surface area contributed by atoms with Gasteiger partial charge in [-0.25, -0.2) is 40.9 Å². The SMILES string of the molecule is CCCF.CF.FCC(F)(F)F.FCC1OOC(F)C1(F)F.FCF.OOC(F)CF. The highest BCUT2D eigenvalue weighted by atomic mass is 19.4. The van der Waals surface area contributed by atoms with E-state index in [-0.39, 0.29) is 6.67 Å². The second-order valence-electron chi connectivity index (χ2n) is 4.03. The first-order valence-electron chi connectivity index (χ1n) is 7.37. The molecule has 1 saturated heterocycles. The van der Waals surface area contributed by atoms with Crippen molar-refractivity contribution in [3.8, 4) is 0 Å². The fraction of sp³-hybridized carbons (Fsp3) is 1.00. The van der Waals surface area contributed by atoms with Crippen molar-refractivity contribution in [2.24, 2.45) is 0 Å². The third-order valence-electron chi connectivity index (χ3n) is 1.70. The second kappa shape index (κ2) is 26.9. The third kappa shape index (κ3) is 31.1. The molecule has 196 valence electrons. The number of halogens is 14. The molecule has 0 amide bonds. The van der Waals surface area contributed by atoms with E-state index in [9.17, 15) is 61.5 Å². The molecule has 0 spiro atoms. The van der Waals surface area contributed by atoms with Gasteiger partial charge in [-0.3, -0.25) is 8.78 Å². The van der Waals surface area contributed by atoms with Crippen LogP contribution >= 0.6 is 0 Å². The molecule has 18 heteroatoms. The molecule has 1 heterocycles. The van der Waals surface area contributed by atoms with Crippen LogP contribution in [-0.4, -0.2) is 77.0 Å². The summed E-state index contributed by atoms with van der Waals surface area (Å²) < 4.78 is 150. The van der Waals surface area contributed by atoms with Gasteiger partial charge in [0.15, 0.2) is 12.8 Å². The zero-order valence-electron chi connectivity index (χ0n) is 15.9. The monoisotopic (exact) mass is 508 g/mol. The Morgan fingerprint density at radius 2 is 1.35 bits per heavy atom. The van der Waals surface area contributed by atoms with Crippen LogP contribution in [0.5, 0.6) is 0 Å². The van der Waals surface area contributed by atoms with E-state index in [0.717, 1.165) is 0 Å². The van der Waals surface area contributed by atoms with E-state index in [1.807, 2.05) is 0 Å². The molecule has 0 aromatic heterocycles. The maximum atomic E-state index is 12.1. The molecular weight excluding hydrogens is 486 g/mol. The van der Waals surface area contributed by atoms with Gasteiger partial charge in [-0.15, -0.1) is 0 Å². The predicted octanol–water partition coefficient (Wildman–Crippen LogP) is 6.31. The first-order chi connectivity index (χ1) is 14.3. The van der Waals surface area contributed by atoms with Crippen LogP contribution in [0.1, 0.15) is 13.3 Å². The maximum Gasteiger partial charge on any atom is 0.416 e. The quantitative estimate of drug-likeness (QED) is 0.275. The minimum Gasteiger partial charge on any atom is -0.255 e. The van der Waals surface area contributed by atoms with Crippen LogP contribution in [0.15, 0.2) is 0 Å². The van der Waals surface area contributed by atoms with E-state index in [1.165, 1.54) is 0 Å². The number of rotatable bonds is 4. The van der Waals surface area contributed by atoms with E-state index in [0.29, 0.717) is 13.6 Å². The molecule has 0 radical (unpaired) electrons. The molecule has 3 unspecified atom stereocenters. The summed E-state index contributed by atoms with van der Waals surface area (Å²) in [4.78, 5) is 9.90. The highest BCUT2D eigenvalue weighted by Crippen LogP contribution is 2.35. The predicted molar refractivity (Wildman–Crippen MR) is 78.8 cm³/mol. The Balaban J connectivity index is -0.0000000947. The fourth-order valence-electron chi connectivity index (χ4n) is 0.547. The van der Waals surface area contributed by atoms with Gasteiger partial charge in [0, 0.05) is 0 Å². The summed E-state index contributed by atoms with van der Waals surface area (Å²) in [7, 11) is 0.500. The number of alkyl halides is 14. The lowest BCUT2D eigenvalue weighted by Gasteiger charge is -2.10. The number of hydrogen-bond donors (Lipinski definition) is 1. The molecule has 0 aliphatic carbocycles. The first-order valence-corrected chi connectivity index (χ1v) is 7.37. The molecule has 0 saturated carbocycles. The molecule has 1 N–H and O–H groups in total. The van der Waals surface area contributed by atoms with Crippen molar-refractivity contribution in [2.75, 3.05) is 40.8 Å². The van der Waals surface area contributed by atoms with Crippen LogP contribution < -0.4 is 0 Å². The lowest BCUT2D eigenvalue weighted by molar-refractivity contribution is -0.320. The highest BCUT2D eigenvalue weighted by Gasteiger charge is 2.57. The molecule has 1 fully saturated rings. The zero-order chi connectivity index (χ0) is 26.1. The van der Waals surface area contributed by atoms with Crippen LogP contribution in [0.25, 0.3) is 0 Å². The number of hydrogen-bond acceptors (Lipinski definition) is 4. The Hall–Kier alpha value is -1.14. The summed E-state index contributed by atoms with van der Waals surface area (Å²) >= 11 is 0. The summed E-state index contributed by atoms with van der Waals surface area (Å²) in [5.41, 5.74) is 0. The van der Waals surface area contributed by atoms with Crippen molar-refractivity contribution in [3.63, 3.8) is 0 Å². The summed E-state index contributed by atoms with van der Waals surface area (Å²) in [6, 6.07) is 0. The van der Waals surface area contributed by atoms with Crippen molar-refractivity contribution < 1.29 is 81.4 Å². The van der Waals surface area contributed by atoms with Gasteiger partial charge in [0.05, 0.1) is 13.9 Å². The van der Waals surface area contributed by atoms with Crippen molar-refractivity contribution in [1.82, 2.24) is 0 Å². The molecule has 0 bridgehead atoms. The normalized spacial score (nSPS) is 19.3. The molecule has 1 aliphatic rings. The maximum absolute atomic E-state index is 12.1. The largest absolute Gasteiger partial charge is 0.416 e. The molecule has 3 atom stereocenters. The van der Waals surface area contributed by atoms with E-state index in [1.54, 1.807) is 6.92 Å². The van der Waals surface area contributed by atoms with Crippen LogP contribution in [0.3, 0.4) is 0 Å². The van der Waals surface area contributed by atoms with Gasteiger partial charge in [-0.2, -0.15) is 31.7 Å². The van der Waals surface area contributed by atoms with E-state index < -0.39 is 57.9 Å². The van der Waals surface area contributed by atoms with Gasteiger partial charge in [-0.05, 0) is 6.42 Å². The van der Waals surface area contributed by atoms with E-state index in [4.69, 9.17) is 5.26 Å². The minimum atomic E-state index is -4.62. The average molecular weight is 508 g/mol. The smallest absolute Gasteiger partial charge is 0.255 e. The van der Waals surface area contributed by atoms with Crippen molar-refractivity contribution >= 4 is 0 Å². The van der Waals surface area contributed by atoms with Gasteiger partial charge in [0.1, 0.15) is 13.3 Å². The van der Waals surface area contributed by atoms with Crippen LogP contribution in [0.2, 0.25) is 0 Å².